The SMILES string of the molecule is O=C(NCCn1ccnn1)C1COCCN1. The lowest BCUT2D eigenvalue weighted by atomic mass is 10.2. The van der Waals surface area contributed by atoms with Gasteiger partial charge in [-0.15, -0.1) is 5.10 Å². The molecule has 7 nitrogen and oxygen atoms in total. The van der Waals surface area contributed by atoms with Gasteiger partial charge in [-0.3, -0.25) is 9.48 Å². The van der Waals surface area contributed by atoms with Gasteiger partial charge in [-0.25, -0.2) is 0 Å². The Morgan fingerprint density at radius 1 is 1.69 bits per heavy atom. The fourth-order valence-corrected chi connectivity index (χ4v) is 1.50. The first-order valence-corrected chi connectivity index (χ1v) is 5.29. The van der Waals surface area contributed by atoms with Crippen LogP contribution in [0.4, 0.5) is 0 Å². The Balaban J connectivity index is 1.67. The number of carbonyl (C=O) groups is 1. The quantitative estimate of drug-likeness (QED) is 0.644. The Bertz CT molecular complexity index is 321. The molecule has 1 aliphatic heterocycles. The number of ether oxygens (including phenoxy) is 1. The Hall–Kier alpha value is -1.47. The van der Waals surface area contributed by atoms with Gasteiger partial charge in [-0.05, 0) is 0 Å². The molecule has 1 atom stereocenters. The summed E-state index contributed by atoms with van der Waals surface area (Å²) >= 11 is 0. The number of carbonyl (C=O) groups excluding carboxylic acids is 1. The number of aromatic nitrogens is 3. The van der Waals surface area contributed by atoms with E-state index < -0.39 is 0 Å². The Morgan fingerprint density at radius 2 is 2.62 bits per heavy atom. The lowest BCUT2D eigenvalue weighted by molar-refractivity contribution is -0.125. The van der Waals surface area contributed by atoms with Gasteiger partial charge in [0, 0.05) is 19.3 Å². The van der Waals surface area contributed by atoms with Crippen LogP contribution in [0.15, 0.2) is 12.4 Å². The van der Waals surface area contributed by atoms with Crippen molar-refractivity contribution in [3.63, 3.8) is 0 Å². The molecular weight excluding hydrogens is 210 g/mol. The molecule has 1 aromatic rings. The van der Waals surface area contributed by atoms with Gasteiger partial charge >= 0.3 is 0 Å². The molecular formula is C9H15N5O2. The van der Waals surface area contributed by atoms with Gasteiger partial charge in [0.2, 0.25) is 5.91 Å². The third kappa shape index (κ3) is 3.01. The first-order chi connectivity index (χ1) is 7.86. The maximum Gasteiger partial charge on any atom is 0.239 e. The lowest BCUT2D eigenvalue weighted by Crippen LogP contribution is -2.51. The maximum atomic E-state index is 11.6. The number of nitrogens with zero attached hydrogens (tertiary/aromatic N) is 3. The fourth-order valence-electron chi connectivity index (χ4n) is 1.50. The summed E-state index contributed by atoms with van der Waals surface area (Å²) in [5.74, 6) is -0.0279. The highest BCUT2D eigenvalue weighted by molar-refractivity contribution is 5.81. The van der Waals surface area contributed by atoms with Gasteiger partial charge in [0.1, 0.15) is 6.04 Å². The minimum Gasteiger partial charge on any atom is -0.378 e. The van der Waals surface area contributed by atoms with E-state index in [-0.39, 0.29) is 11.9 Å². The largest absolute Gasteiger partial charge is 0.378 e. The van der Waals surface area contributed by atoms with Gasteiger partial charge in [0.15, 0.2) is 0 Å². The van der Waals surface area contributed by atoms with Gasteiger partial charge in [0.25, 0.3) is 0 Å². The van der Waals surface area contributed by atoms with Crippen molar-refractivity contribution in [3.8, 4) is 0 Å². The van der Waals surface area contributed by atoms with Gasteiger partial charge < -0.3 is 15.4 Å². The molecule has 1 amide bonds. The van der Waals surface area contributed by atoms with E-state index in [4.69, 9.17) is 4.74 Å². The zero-order chi connectivity index (χ0) is 11.2. The molecule has 0 bridgehead atoms. The summed E-state index contributed by atoms with van der Waals surface area (Å²) in [6.07, 6.45) is 3.37. The molecule has 1 unspecified atom stereocenters. The zero-order valence-electron chi connectivity index (χ0n) is 8.93. The summed E-state index contributed by atoms with van der Waals surface area (Å²) < 4.78 is 6.88. The average Bonchev–Trinajstić information content (AvgIpc) is 2.83. The highest BCUT2D eigenvalue weighted by atomic mass is 16.5. The molecule has 1 saturated heterocycles. The summed E-state index contributed by atoms with van der Waals surface area (Å²) in [6.45, 7) is 3.00. The normalized spacial score (nSPS) is 20.6. The van der Waals surface area contributed by atoms with E-state index in [1.165, 1.54) is 0 Å². The molecule has 2 heterocycles. The molecule has 16 heavy (non-hydrogen) atoms. The number of hydrogen-bond acceptors (Lipinski definition) is 5. The second-order valence-corrected chi connectivity index (χ2v) is 3.54. The number of rotatable bonds is 4. The van der Waals surface area contributed by atoms with Crippen LogP contribution in [0.3, 0.4) is 0 Å². The van der Waals surface area contributed by atoms with E-state index in [1.807, 2.05) is 0 Å². The predicted molar refractivity (Wildman–Crippen MR) is 55.6 cm³/mol. The molecule has 0 aliphatic carbocycles. The fraction of sp³-hybridized carbons (Fsp3) is 0.667. The van der Waals surface area contributed by atoms with Crippen LogP contribution in [0, 0.1) is 0 Å². The maximum absolute atomic E-state index is 11.6. The van der Waals surface area contributed by atoms with E-state index >= 15 is 0 Å². The molecule has 88 valence electrons. The predicted octanol–water partition coefficient (Wildman–Crippen LogP) is -1.62. The number of amides is 1. The van der Waals surface area contributed by atoms with Gasteiger partial charge in [-0.2, -0.15) is 0 Å². The monoisotopic (exact) mass is 225 g/mol. The van der Waals surface area contributed by atoms with Crippen molar-refractivity contribution in [1.29, 1.82) is 0 Å². The Kier molecular flexibility index (Phi) is 3.84. The molecule has 2 rings (SSSR count). The molecule has 0 saturated carbocycles. The Morgan fingerprint density at radius 3 is 3.31 bits per heavy atom. The average molecular weight is 225 g/mol. The molecule has 0 spiro atoms. The van der Waals surface area contributed by atoms with Crippen LogP contribution in [0.5, 0.6) is 0 Å². The topological polar surface area (TPSA) is 81.1 Å². The third-order valence-corrected chi connectivity index (χ3v) is 2.35. The van der Waals surface area contributed by atoms with Crippen molar-refractivity contribution in [2.75, 3.05) is 26.3 Å². The van der Waals surface area contributed by atoms with Crippen molar-refractivity contribution >= 4 is 5.91 Å². The van der Waals surface area contributed by atoms with Crippen LogP contribution < -0.4 is 10.6 Å². The van der Waals surface area contributed by atoms with E-state index in [2.05, 4.69) is 20.9 Å². The van der Waals surface area contributed by atoms with Crippen LogP contribution in [0.25, 0.3) is 0 Å². The highest BCUT2D eigenvalue weighted by Gasteiger charge is 2.20. The number of hydrogen-bond donors (Lipinski definition) is 2. The first kappa shape index (κ1) is 11.0. The summed E-state index contributed by atoms with van der Waals surface area (Å²) in [5, 5.41) is 13.4. The van der Waals surface area contributed by atoms with Crippen molar-refractivity contribution < 1.29 is 9.53 Å². The van der Waals surface area contributed by atoms with E-state index in [1.54, 1.807) is 17.1 Å². The second-order valence-electron chi connectivity index (χ2n) is 3.54. The van der Waals surface area contributed by atoms with Crippen LogP contribution in [-0.2, 0) is 16.1 Å². The number of nitrogens with one attached hydrogen (secondary N) is 2. The smallest absolute Gasteiger partial charge is 0.239 e. The standard InChI is InChI=1S/C9H15N5O2/c15-9(8-7-16-6-3-10-8)11-1-4-14-5-2-12-13-14/h2,5,8,10H,1,3-4,6-7H2,(H,11,15). The summed E-state index contributed by atoms with van der Waals surface area (Å²) in [6, 6.07) is -0.232. The second kappa shape index (κ2) is 5.57. The molecule has 1 fully saturated rings. The van der Waals surface area contributed by atoms with Crippen molar-refractivity contribution in [2.24, 2.45) is 0 Å². The number of morpholine rings is 1. The molecule has 7 heteroatoms. The van der Waals surface area contributed by atoms with E-state index in [0.29, 0.717) is 26.3 Å². The highest BCUT2D eigenvalue weighted by Crippen LogP contribution is 1.92. The molecule has 1 aliphatic rings. The molecule has 1 aromatic heterocycles. The Labute approximate surface area is 93.2 Å². The first-order valence-electron chi connectivity index (χ1n) is 5.29. The molecule has 0 radical (unpaired) electrons. The summed E-state index contributed by atoms with van der Waals surface area (Å²) in [7, 11) is 0. The van der Waals surface area contributed by atoms with E-state index in [9.17, 15) is 4.79 Å². The van der Waals surface area contributed by atoms with Crippen LogP contribution in [-0.4, -0.2) is 53.2 Å². The summed E-state index contributed by atoms with van der Waals surface area (Å²) in [4.78, 5) is 11.6. The molecule has 2 N–H and O–H groups in total. The summed E-state index contributed by atoms with van der Waals surface area (Å²) in [5.41, 5.74) is 0. The van der Waals surface area contributed by atoms with Crippen LogP contribution >= 0.6 is 0 Å². The van der Waals surface area contributed by atoms with Crippen molar-refractivity contribution in [1.82, 2.24) is 25.6 Å². The van der Waals surface area contributed by atoms with Crippen LogP contribution in [0.2, 0.25) is 0 Å². The zero-order valence-corrected chi connectivity index (χ0v) is 8.93. The minimum absolute atomic E-state index is 0.0279. The van der Waals surface area contributed by atoms with Crippen LogP contribution in [0.1, 0.15) is 0 Å². The molecule has 0 aromatic carbocycles. The lowest BCUT2D eigenvalue weighted by Gasteiger charge is -2.22. The van der Waals surface area contributed by atoms with Crippen molar-refractivity contribution in [2.45, 2.75) is 12.6 Å². The van der Waals surface area contributed by atoms with Gasteiger partial charge in [-0.1, -0.05) is 5.21 Å². The van der Waals surface area contributed by atoms with Gasteiger partial charge in [0.05, 0.1) is 26.0 Å². The third-order valence-electron chi connectivity index (χ3n) is 2.35. The minimum atomic E-state index is -0.232. The van der Waals surface area contributed by atoms with Crippen molar-refractivity contribution in [3.05, 3.63) is 12.4 Å². The van der Waals surface area contributed by atoms with E-state index in [0.717, 1.165) is 6.54 Å².